The minimum absolute atomic E-state index is 0.0355. The molecule has 3 heterocycles. The van der Waals surface area contributed by atoms with Crippen LogP contribution in [0.1, 0.15) is 31.2 Å². The van der Waals surface area contributed by atoms with Gasteiger partial charge in [-0.1, -0.05) is 6.42 Å². The first-order valence-electron chi connectivity index (χ1n) is 11.4. The van der Waals surface area contributed by atoms with E-state index in [9.17, 15) is 26.8 Å². The zero-order valence-corrected chi connectivity index (χ0v) is 19.4. The number of hydrogen-bond donors (Lipinski definition) is 0. The lowest BCUT2D eigenvalue weighted by Crippen LogP contribution is -2.36. The minimum Gasteiger partial charge on any atom is -0.312 e. The van der Waals surface area contributed by atoms with Crippen molar-refractivity contribution in [3.63, 3.8) is 0 Å². The fraction of sp³-hybridized carbons (Fsp3) is 0.417. The van der Waals surface area contributed by atoms with Crippen LogP contribution in [0.3, 0.4) is 0 Å². The zero-order valence-electron chi connectivity index (χ0n) is 18.5. The Hall–Kier alpha value is -2.85. The molecule has 0 spiro atoms. The molecule has 180 valence electrons. The first-order valence-corrected chi connectivity index (χ1v) is 12.9. The van der Waals surface area contributed by atoms with Gasteiger partial charge in [0.1, 0.15) is 11.6 Å². The van der Waals surface area contributed by atoms with Crippen molar-refractivity contribution < 1.29 is 26.8 Å². The molecule has 1 unspecified atom stereocenters. The largest absolute Gasteiger partial charge is 0.312 e. The molecule has 1 atom stereocenters. The van der Waals surface area contributed by atoms with Gasteiger partial charge in [0, 0.05) is 50.0 Å². The van der Waals surface area contributed by atoms with Gasteiger partial charge in [0.25, 0.3) is 0 Å². The number of carbonyl (C=O) groups is 2. The van der Waals surface area contributed by atoms with E-state index in [0.717, 1.165) is 43.0 Å². The lowest BCUT2D eigenvalue weighted by Gasteiger charge is -2.26. The van der Waals surface area contributed by atoms with Gasteiger partial charge in [-0.25, -0.2) is 17.2 Å². The summed E-state index contributed by atoms with van der Waals surface area (Å²) in [5.74, 6) is -2.85. The Kier molecular flexibility index (Phi) is 5.89. The number of anilines is 2. The molecular weight excluding hydrogens is 464 g/mol. The number of rotatable bonds is 4. The summed E-state index contributed by atoms with van der Waals surface area (Å²) in [5.41, 5.74) is 1.51. The van der Waals surface area contributed by atoms with Gasteiger partial charge in [0.05, 0.1) is 10.8 Å². The summed E-state index contributed by atoms with van der Waals surface area (Å²) in [4.78, 5) is 28.8. The van der Waals surface area contributed by atoms with Crippen LogP contribution in [-0.4, -0.2) is 50.7 Å². The molecule has 0 aliphatic carbocycles. The maximum absolute atomic E-state index is 13.6. The molecule has 2 fully saturated rings. The van der Waals surface area contributed by atoms with E-state index >= 15 is 0 Å². The van der Waals surface area contributed by atoms with Gasteiger partial charge in [0.2, 0.25) is 21.8 Å². The molecule has 0 aromatic heterocycles. The highest BCUT2D eigenvalue weighted by Crippen LogP contribution is 2.35. The second-order valence-corrected chi connectivity index (χ2v) is 11.0. The topological polar surface area (TPSA) is 78.0 Å². The van der Waals surface area contributed by atoms with Gasteiger partial charge in [-0.2, -0.15) is 4.31 Å². The number of hydrogen-bond acceptors (Lipinski definition) is 4. The normalized spacial score (nSPS) is 21.2. The predicted molar refractivity (Wildman–Crippen MR) is 122 cm³/mol. The van der Waals surface area contributed by atoms with E-state index in [1.54, 1.807) is 17.0 Å². The van der Waals surface area contributed by atoms with Crippen LogP contribution >= 0.6 is 0 Å². The smallest absolute Gasteiger partial charge is 0.243 e. The Morgan fingerprint density at radius 2 is 1.65 bits per heavy atom. The second-order valence-electron chi connectivity index (χ2n) is 9.03. The number of benzene rings is 2. The van der Waals surface area contributed by atoms with Crippen LogP contribution in [0.25, 0.3) is 0 Å². The average Bonchev–Trinajstić information content (AvgIpc) is 3.42. The van der Waals surface area contributed by atoms with Crippen LogP contribution in [0, 0.1) is 17.6 Å². The quantitative estimate of drug-likeness (QED) is 0.662. The summed E-state index contributed by atoms with van der Waals surface area (Å²) in [6.07, 6.45) is 3.20. The molecule has 0 bridgehead atoms. The van der Waals surface area contributed by atoms with Gasteiger partial charge >= 0.3 is 0 Å². The molecule has 5 rings (SSSR count). The van der Waals surface area contributed by atoms with E-state index in [1.165, 1.54) is 15.3 Å². The third-order valence-corrected chi connectivity index (χ3v) is 8.69. The maximum atomic E-state index is 13.6. The first-order chi connectivity index (χ1) is 16.2. The van der Waals surface area contributed by atoms with Gasteiger partial charge in [0.15, 0.2) is 0 Å². The van der Waals surface area contributed by atoms with Crippen LogP contribution < -0.4 is 9.80 Å². The summed E-state index contributed by atoms with van der Waals surface area (Å²) in [5, 5.41) is 0. The van der Waals surface area contributed by atoms with E-state index < -0.39 is 27.6 Å². The third kappa shape index (κ3) is 4.09. The standard InChI is InChI=1S/C24H25F2N3O4S/c25-18-12-19(26)14-20(13-18)29-15-17(11-23(29)30)24(31)28-9-6-16-10-21(4-5-22(16)28)34(32,33)27-7-2-1-3-8-27/h4-5,10,12-14,17H,1-3,6-9,11,15H2. The number of nitrogens with zero attached hydrogens (tertiary/aromatic N) is 3. The van der Waals surface area contributed by atoms with E-state index in [4.69, 9.17) is 0 Å². The molecular formula is C24H25F2N3O4S. The van der Waals surface area contributed by atoms with Crippen molar-refractivity contribution in [2.24, 2.45) is 5.92 Å². The van der Waals surface area contributed by atoms with Gasteiger partial charge < -0.3 is 9.80 Å². The zero-order chi connectivity index (χ0) is 24.0. The van der Waals surface area contributed by atoms with Crippen LogP contribution in [0.5, 0.6) is 0 Å². The molecule has 0 N–H and O–H groups in total. The Balaban J connectivity index is 1.34. The maximum Gasteiger partial charge on any atom is 0.243 e. The molecule has 2 aromatic rings. The molecule has 2 aromatic carbocycles. The fourth-order valence-corrected chi connectivity index (χ4v) is 6.63. The summed E-state index contributed by atoms with van der Waals surface area (Å²) < 4.78 is 54.8. The molecule has 0 radical (unpaired) electrons. The highest BCUT2D eigenvalue weighted by molar-refractivity contribution is 7.89. The van der Waals surface area contributed by atoms with Gasteiger partial charge in [-0.05, 0) is 55.2 Å². The van der Waals surface area contributed by atoms with E-state index in [1.807, 2.05) is 0 Å². The first kappa shape index (κ1) is 22.9. The van der Waals surface area contributed by atoms with E-state index in [2.05, 4.69) is 0 Å². The van der Waals surface area contributed by atoms with Crippen molar-refractivity contribution in [2.75, 3.05) is 36.0 Å². The van der Waals surface area contributed by atoms with Crippen LogP contribution in [-0.2, 0) is 26.0 Å². The SMILES string of the molecule is O=C1CC(C(=O)N2CCc3cc(S(=O)(=O)N4CCCCC4)ccc32)CN1c1cc(F)cc(F)c1. The molecule has 34 heavy (non-hydrogen) atoms. The predicted octanol–water partition coefficient (Wildman–Crippen LogP) is 3.08. The lowest BCUT2D eigenvalue weighted by molar-refractivity contribution is -0.124. The van der Waals surface area contributed by atoms with Crippen molar-refractivity contribution >= 4 is 33.2 Å². The number of halogens is 2. The van der Waals surface area contributed by atoms with Crippen molar-refractivity contribution in [2.45, 2.75) is 37.0 Å². The minimum atomic E-state index is -3.57. The number of sulfonamides is 1. The highest BCUT2D eigenvalue weighted by Gasteiger charge is 2.39. The Labute approximate surface area is 197 Å². The second kappa shape index (κ2) is 8.74. The molecule has 7 nitrogen and oxygen atoms in total. The number of amides is 2. The highest BCUT2D eigenvalue weighted by atomic mass is 32.2. The molecule has 0 saturated carbocycles. The molecule has 10 heteroatoms. The summed E-state index contributed by atoms with van der Waals surface area (Å²) >= 11 is 0. The monoisotopic (exact) mass is 489 g/mol. The van der Waals surface area contributed by atoms with Gasteiger partial charge in [-0.3, -0.25) is 9.59 Å². The number of fused-ring (bicyclic) bond motifs is 1. The molecule has 3 aliphatic rings. The summed E-state index contributed by atoms with van der Waals surface area (Å²) in [6, 6.07) is 7.72. The van der Waals surface area contributed by atoms with Crippen molar-refractivity contribution in [1.82, 2.24) is 4.31 Å². The molecule has 2 amide bonds. The summed E-state index contributed by atoms with van der Waals surface area (Å²) in [6.45, 7) is 1.46. The molecule has 2 saturated heterocycles. The lowest BCUT2D eigenvalue weighted by atomic mass is 10.1. The van der Waals surface area contributed by atoms with Gasteiger partial charge in [-0.15, -0.1) is 0 Å². The Bertz CT molecular complexity index is 1240. The van der Waals surface area contributed by atoms with Crippen molar-refractivity contribution in [3.05, 3.63) is 53.6 Å². The average molecular weight is 490 g/mol. The Morgan fingerprint density at radius 1 is 0.941 bits per heavy atom. The van der Waals surface area contributed by atoms with Crippen molar-refractivity contribution in [1.29, 1.82) is 0 Å². The fourth-order valence-electron chi connectivity index (χ4n) is 5.06. The van der Waals surface area contributed by atoms with Crippen LogP contribution in [0.15, 0.2) is 41.3 Å². The third-order valence-electron chi connectivity index (χ3n) is 6.80. The van der Waals surface area contributed by atoms with Crippen molar-refractivity contribution in [3.8, 4) is 0 Å². The Morgan fingerprint density at radius 3 is 2.35 bits per heavy atom. The van der Waals surface area contributed by atoms with E-state index in [0.29, 0.717) is 31.7 Å². The molecule has 3 aliphatic heterocycles. The summed E-state index contributed by atoms with van der Waals surface area (Å²) in [7, 11) is -3.57. The number of carbonyl (C=O) groups excluding carboxylic acids is 2. The van der Waals surface area contributed by atoms with E-state index in [-0.39, 0.29) is 35.4 Å². The van der Waals surface area contributed by atoms with Crippen LogP contribution in [0.4, 0.5) is 20.2 Å². The van der Waals surface area contributed by atoms with Crippen LogP contribution in [0.2, 0.25) is 0 Å². The number of piperidine rings is 1.